The number of anilines is 1. The highest BCUT2D eigenvalue weighted by Crippen LogP contribution is 2.22. The molecule has 2 amide bonds. The van der Waals surface area contributed by atoms with Crippen LogP contribution < -0.4 is 9.62 Å². The molecule has 7 nitrogen and oxygen atoms in total. The molecule has 0 aliphatic carbocycles. The number of halogens is 2. The van der Waals surface area contributed by atoms with Gasteiger partial charge in [-0.2, -0.15) is 0 Å². The number of rotatable bonds is 14. The molecular weight excluding hydrogens is 521 g/mol. The fraction of sp³-hybridized carbons (Fsp3) is 0.462. The third-order valence-corrected chi connectivity index (χ3v) is 7.45. The maximum atomic E-state index is 13.4. The summed E-state index contributed by atoms with van der Waals surface area (Å²) < 4.78 is 26.1. The second-order valence-electron chi connectivity index (χ2n) is 8.63. The van der Waals surface area contributed by atoms with Crippen LogP contribution in [0.2, 0.25) is 10.0 Å². The van der Waals surface area contributed by atoms with Gasteiger partial charge in [-0.1, -0.05) is 55.6 Å². The van der Waals surface area contributed by atoms with Crippen molar-refractivity contribution >= 4 is 50.7 Å². The predicted octanol–water partition coefficient (Wildman–Crippen LogP) is 5.26. The van der Waals surface area contributed by atoms with E-state index in [0.717, 1.165) is 24.7 Å². The highest BCUT2D eigenvalue weighted by molar-refractivity contribution is 7.92. The van der Waals surface area contributed by atoms with E-state index in [0.29, 0.717) is 35.1 Å². The summed E-state index contributed by atoms with van der Waals surface area (Å²) in [7, 11) is -3.56. The van der Waals surface area contributed by atoms with Gasteiger partial charge in [0.25, 0.3) is 0 Å². The van der Waals surface area contributed by atoms with Gasteiger partial charge >= 0.3 is 0 Å². The van der Waals surface area contributed by atoms with Crippen LogP contribution in [0.3, 0.4) is 0 Å². The van der Waals surface area contributed by atoms with E-state index < -0.39 is 16.1 Å². The van der Waals surface area contributed by atoms with Gasteiger partial charge in [0.05, 0.1) is 11.9 Å². The fourth-order valence-electron chi connectivity index (χ4n) is 3.82. The first-order valence-corrected chi connectivity index (χ1v) is 14.7. The highest BCUT2D eigenvalue weighted by Gasteiger charge is 2.28. The lowest BCUT2D eigenvalue weighted by atomic mass is 10.1. The number of carbonyl (C=O) groups excluding carboxylic acids is 2. The minimum atomic E-state index is -3.56. The van der Waals surface area contributed by atoms with E-state index in [-0.39, 0.29) is 31.3 Å². The third kappa shape index (κ3) is 9.30. The minimum absolute atomic E-state index is 0.0892. The molecule has 10 heteroatoms. The number of nitrogens with one attached hydrogen (secondary N) is 1. The van der Waals surface area contributed by atoms with E-state index in [1.54, 1.807) is 41.3 Å². The van der Waals surface area contributed by atoms with E-state index in [1.807, 2.05) is 26.0 Å². The lowest BCUT2D eigenvalue weighted by Gasteiger charge is -2.31. The Bertz CT molecular complexity index is 1090. The maximum Gasteiger partial charge on any atom is 0.242 e. The van der Waals surface area contributed by atoms with Crippen LogP contribution in [0.1, 0.15) is 51.5 Å². The Morgan fingerprint density at radius 3 is 2.06 bits per heavy atom. The summed E-state index contributed by atoms with van der Waals surface area (Å²) in [5.74, 6) is -0.404. The summed E-state index contributed by atoms with van der Waals surface area (Å²) in [5.41, 5.74) is 1.33. The Hall–Kier alpha value is -2.29. The van der Waals surface area contributed by atoms with Crippen LogP contribution in [-0.4, -0.2) is 50.5 Å². The first-order valence-electron chi connectivity index (χ1n) is 12.1. The number of hydrogen-bond donors (Lipinski definition) is 1. The molecular formula is C26H35Cl2N3O4S. The molecule has 0 bridgehead atoms. The molecule has 0 saturated heterocycles. The van der Waals surface area contributed by atoms with Crippen molar-refractivity contribution in [1.29, 1.82) is 0 Å². The van der Waals surface area contributed by atoms with E-state index in [9.17, 15) is 18.0 Å². The first kappa shape index (κ1) is 29.9. The summed E-state index contributed by atoms with van der Waals surface area (Å²) in [6.07, 6.45) is 3.78. The number of carbonyl (C=O) groups is 2. The van der Waals surface area contributed by atoms with Crippen molar-refractivity contribution in [3.63, 3.8) is 0 Å². The molecule has 0 spiro atoms. The number of nitrogens with zero attached hydrogens (tertiary/aromatic N) is 2. The zero-order valence-corrected chi connectivity index (χ0v) is 23.4. The Morgan fingerprint density at radius 2 is 1.53 bits per heavy atom. The van der Waals surface area contributed by atoms with Crippen molar-refractivity contribution in [3.05, 3.63) is 64.1 Å². The molecule has 2 aromatic rings. The minimum Gasteiger partial charge on any atom is -0.354 e. The molecule has 0 aliphatic rings. The summed E-state index contributed by atoms with van der Waals surface area (Å²) in [4.78, 5) is 27.9. The van der Waals surface area contributed by atoms with Gasteiger partial charge in [-0.15, -0.1) is 0 Å². The van der Waals surface area contributed by atoms with Gasteiger partial charge in [-0.25, -0.2) is 8.42 Å². The van der Waals surface area contributed by atoms with Crippen molar-refractivity contribution in [2.45, 2.75) is 58.5 Å². The Morgan fingerprint density at radius 1 is 0.944 bits per heavy atom. The summed E-state index contributed by atoms with van der Waals surface area (Å²) >= 11 is 11.9. The molecule has 2 aromatic carbocycles. The lowest BCUT2D eigenvalue weighted by molar-refractivity contribution is -0.141. The largest absolute Gasteiger partial charge is 0.354 e. The van der Waals surface area contributed by atoms with Crippen molar-refractivity contribution in [2.75, 3.05) is 23.7 Å². The number of benzene rings is 2. The van der Waals surface area contributed by atoms with Crippen molar-refractivity contribution in [2.24, 2.45) is 0 Å². The molecule has 2 rings (SSSR count). The Kier molecular flexibility index (Phi) is 12.0. The van der Waals surface area contributed by atoms with Gasteiger partial charge in [0.15, 0.2) is 0 Å². The summed E-state index contributed by atoms with van der Waals surface area (Å²) in [5, 5.41) is 4.02. The van der Waals surface area contributed by atoms with Gasteiger partial charge < -0.3 is 10.2 Å². The highest BCUT2D eigenvalue weighted by atomic mass is 35.5. The zero-order valence-electron chi connectivity index (χ0n) is 21.0. The molecule has 0 aromatic heterocycles. The van der Waals surface area contributed by atoms with Gasteiger partial charge in [0.2, 0.25) is 21.8 Å². The number of unbranched alkanes of at least 4 members (excludes halogenated alkanes) is 1. The van der Waals surface area contributed by atoms with Crippen LogP contribution in [-0.2, 0) is 26.2 Å². The van der Waals surface area contributed by atoms with Crippen molar-refractivity contribution < 1.29 is 18.0 Å². The monoisotopic (exact) mass is 555 g/mol. The lowest BCUT2D eigenvalue weighted by Crippen LogP contribution is -2.49. The molecule has 0 saturated carbocycles. The van der Waals surface area contributed by atoms with Gasteiger partial charge in [0.1, 0.15) is 6.04 Å². The van der Waals surface area contributed by atoms with E-state index >= 15 is 0 Å². The zero-order chi connectivity index (χ0) is 26.7. The Balaban J connectivity index is 2.18. The predicted molar refractivity (Wildman–Crippen MR) is 147 cm³/mol. The molecule has 0 fully saturated rings. The number of hydrogen-bond acceptors (Lipinski definition) is 4. The molecule has 1 atom stereocenters. The fourth-order valence-corrected chi connectivity index (χ4v) is 5.04. The van der Waals surface area contributed by atoms with Crippen molar-refractivity contribution in [3.8, 4) is 0 Å². The van der Waals surface area contributed by atoms with E-state index in [2.05, 4.69) is 5.32 Å². The first-order chi connectivity index (χ1) is 17.1. The van der Waals surface area contributed by atoms with E-state index in [1.165, 1.54) is 4.31 Å². The molecule has 0 aliphatic heterocycles. The third-order valence-electron chi connectivity index (χ3n) is 5.75. The van der Waals surface area contributed by atoms with Gasteiger partial charge in [-0.05, 0) is 61.2 Å². The van der Waals surface area contributed by atoms with Gasteiger partial charge in [-0.3, -0.25) is 13.9 Å². The van der Waals surface area contributed by atoms with Crippen LogP contribution in [0, 0.1) is 0 Å². The quantitative estimate of drug-likeness (QED) is 0.322. The summed E-state index contributed by atoms with van der Waals surface area (Å²) in [6.45, 7) is 4.85. The second kappa shape index (κ2) is 14.4. The molecule has 36 heavy (non-hydrogen) atoms. The van der Waals surface area contributed by atoms with Crippen LogP contribution in [0.4, 0.5) is 5.69 Å². The van der Waals surface area contributed by atoms with E-state index in [4.69, 9.17) is 23.2 Å². The Labute approximate surface area is 224 Å². The molecule has 0 heterocycles. The topological polar surface area (TPSA) is 86.8 Å². The maximum absolute atomic E-state index is 13.4. The molecule has 0 radical (unpaired) electrons. The number of amides is 2. The smallest absolute Gasteiger partial charge is 0.242 e. The van der Waals surface area contributed by atoms with Crippen molar-refractivity contribution in [1.82, 2.24) is 10.2 Å². The van der Waals surface area contributed by atoms with Crippen LogP contribution in [0.5, 0.6) is 0 Å². The SMILES string of the molecule is CCCCNC(=O)[C@@H](CC)N(Cc1ccc(Cl)cc1)C(=O)CCCN(c1ccc(Cl)cc1)S(C)(=O)=O. The molecule has 1 N–H and O–H groups in total. The second-order valence-corrected chi connectivity index (χ2v) is 11.4. The van der Waals surface area contributed by atoms with Crippen LogP contribution in [0.25, 0.3) is 0 Å². The van der Waals surface area contributed by atoms with Crippen LogP contribution in [0.15, 0.2) is 48.5 Å². The average molecular weight is 557 g/mol. The van der Waals surface area contributed by atoms with Gasteiger partial charge in [0, 0.05) is 36.1 Å². The normalized spacial score (nSPS) is 12.1. The average Bonchev–Trinajstić information content (AvgIpc) is 2.83. The van der Waals surface area contributed by atoms with Crippen LogP contribution >= 0.6 is 23.2 Å². The summed E-state index contributed by atoms with van der Waals surface area (Å²) in [6, 6.07) is 13.0. The molecule has 0 unspecified atom stereocenters. The number of sulfonamides is 1. The standard InChI is InChI=1S/C26H35Cl2N3O4S/c1-4-6-17-29-26(33)24(5-2)30(19-20-9-11-21(27)12-10-20)25(32)8-7-18-31(36(3,34)35)23-15-13-22(28)14-16-23/h9-16,24H,4-8,17-19H2,1-3H3,(H,29,33)/t24-/m1/s1. The molecule has 198 valence electrons.